The number of aryl methyl sites for hydroxylation is 2. The topological polar surface area (TPSA) is 80.9 Å². The summed E-state index contributed by atoms with van der Waals surface area (Å²) in [6, 6.07) is 10.9. The second kappa shape index (κ2) is 4.87. The molecule has 0 radical (unpaired) electrons. The number of benzene rings is 2. The van der Waals surface area contributed by atoms with E-state index >= 15 is 0 Å². The van der Waals surface area contributed by atoms with Gasteiger partial charge in [0.05, 0.1) is 0 Å². The maximum Gasteiger partial charge on any atom is 0.204 e. The lowest BCUT2D eigenvalue weighted by Gasteiger charge is -2.09. The minimum Gasteiger partial charge on any atom is -0.504 e. The first-order chi connectivity index (χ1) is 8.59. The van der Waals surface area contributed by atoms with Crippen LogP contribution in [0.2, 0.25) is 0 Å². The fourth-order valence-corrected chi connectivity index (χ4v) is 1.80. The van der Waals surface area contributed by atoms with Crippen LogP contribution >= 0.6 is 0 Å². The minimum atomic E-state index is -0.698. The predicted molar refractivity (Wildman–Crippen MR) is 67.0 cm³/mol. The quantitative estimate of drug-likeness (QED) is 0.495. The zero-order chi connectivity index (χ0) is 13.1. The molecule has 0 saturated heterocycles. The summed E-state index contributed by atoms with van der Waals surface area (Å²) in [7, 11) is 0. The highest BCUT2D eigenvalue weighted by molar-refractivity contribution is 5.60. The molecule has 0 aliphatic carbocycles. The fraction of sp³-hybridized carbons (Fsp3) is 0.143. The smallest absolute Gasteiger partial charge is 0.204 e. The molecule has 4 N–H and O–H groups in total. The third kappa shape index (κ3) is 2.32. The summed E-state index contributed by atoms with van der Waals surface area (Å²) in [5.41, 5.74) is 1.48. The molecule has 2 aromatic rings. The van der Waals surface area contributed by atoms with Gasteiger partial charge in [-0.15, -0.1) is 0 Å². The molecule has 0 saturated carbocycles. The molecule has 0 atom stereocenters. The van der Waals surface area contributed by atoms with E-state index in [9.17, 15) is 20.4 Å². The summed E-state index contributed by atoms with van der Waals surface area (Å²) in [6.45, 7) is 0. The molecule has 2 aromatic carbocycles. The summed E-state index contributed by atoms with van der Waals surface area (Å²) < 4.78 is 0. The number of phenolic OH excluding ortho intramolecular Hbond substituents is 4. The lowest BCUT2D eigenvalue weighted by molar-refractivity contribution is 0.343. The molecule has 0 bridgehead atoms. The molecule has 4 heteroatoms. The SMILES string of the molecule is Oc1cc(CCc2ccccc2)c(O)c(O)c1O. The van der Waals surface area contributed by atoms with Crippen LogP contribution in [0.1, 0.15) is 11.1 Å². The van der Waals surface area contributed by atoms with Crippen molar-refractivity contribution >= 4 is 0 Å². The van der Waals surface area contributed by atoms with Gasteiger partial charge in [0.25, 0.3) is 0 Å². The van der Waals surface area contributed by atoms with Gasteiger partial charge in [0.2, 0.25) is 11.5 Å². The number of rotatable bonds is 3. The Bertz CT molecular complexity index is 549. The first-order valence-corrected chi connectivity index (χ1v) is 5.59. The molecule has 0 spiro atoms. The fourth-order valence-electron chi connectivity index (χ4n) is 1.80. The van der Waals surface area contributed by atoms with Crippen LogP contribution in [-0.2, 0) is 12.8 Å². The van der Waals surface area contributed by atoms with Crippen molar-refractivity contribution in [1.29, 1.82) is 0 Å². The van der Waals surface area contributed by atoms with Crippen molar-refractivity contribution in [3.05, 3.63) is 47.5 Å². The molecular weight excluding hydrogens is 232 g/mol. The van der Waals surface area contributed by atoms with Crippen LogP contribution in [0.5, 0.6) is 23.0 Å². The number of hydrogen-bond acceptors (Lipinski definition) is 4. The van der Waals surface area contributed by atoms with E-state index in [2.05, 4.69) is 0 Å². The Morgan fingerprint density at radius 3 is 2.06 bits per heavy atom. The normalized spacial score (nSPS) is 10.4. The van der Waals surface area contributed by atoms with Crippen LogP contribution in [0.4, 0.5) is 0 Å². The van der Waals surface area contributed by atoms with Gasteiger partial charge >= 0.3 is 0 Å². The second-order valence-corrected chi connectivity index (χ2v) is 4.09. The zero-order valence-electron chi connectivity index (χ0n) is 9.67. The molecule has 18 heavy (non-hydrogen) atoms. The average Bonchev–Trinajstić information content (AvgIpc) is 2.40. The van der Waals surface area contributed by atoms with Gasteiger partial charge in [0, 0.05) is 5.56 Å². The van der Waals surface area contributed by atoms with Gasteiger partial charge in [0.1, 0.15) is 0 Å². The Morgan fingerprint density at radius 1 is 0.722 bits per heavy atom. The highest BCUT2D eigenvalue weighted by atomic mass is 16.3. The molecule has 0 amide bonds. The minimum absolute atomic E-state index is 0.388. The molecule has 0 aromatic heterocycles. The van der Waals surface area contributed by atoms with Gasteiger partial charge in [-0.2, -0.15) is 0 Å². The third-order valence-electron chi connectivity index (χ3n) is 2.83. The Hall–Kier alpha value is -2.36. The van der Waals surface area contributed by atoms with Gasteiger partial charge in [-0.3, -0.25) is 0 Å². The monoisotopic (exact) mass is 246 g/mol. The summed E-state index contributed by atoms with van der Waals surface area (Å²) in [6.07, 6.45) is 1.12. The van der Waals surface area contributed by atoms with Crippen molar-refractivity contribution in [2.45, 2.75) is 12.8 Å². The highest BCUT2D eigenvalue weighted by Gasteiger charge is 2.15. The molecule has 0 heterocycles. The maximum absolute atomic E-state index is 9.66. The van der Waals surface area contributed by atoms with Crippen molar-refractivity contribution in [3.8, 4) is 23.0 Å². The Balaban J connectivity index is 2.20. The van der Waals surface area contributed by atoms with E-state index in [1.807, 2.05) is 30.3 Å². The summed E-state index contributed by atoms with van der Waals surface area (Å²) in [4.78, 5) is 0. The average molecular weight is 246 g/mol. The molecule has 0 fully saturated rings. The van der Waals surface area contributed by atoms with Crippen LogP contribution in [0, 0.1) is 0 Å². The first-order valence-electron chi connectivity index (χ1n) is 5.59. The van der Waals surface area contributed by atoms with Crippen LogP contribution < -0.4 is 0 Å². The van der Waals surface area contributed by atoms with Gasteiger partial charge in [-0.05, 0) is 24.5 Å². The molecule has 4 nitrogen and oxygen atoms in total. The molecule has 0 aliphatic rings. The standard InChI is InChI=1S/C14H14O4/c15-11-8-10(12(16)14(18)13(11)17)7-6-9-4-2-1-3-5-9/h1-5,8,15-18H,6-7H2. The van der Waals surface area contributed by atoms with Crippen molar-refractivity contribution in [2.75, 3.05) is 0 Å². The second-order valence-electron chi connectivity index (χ2n) is 4.09. The van der Waals surface area contributed by atoms with Crippen molar-refractivity contribution < 1.29 is 20.4 Å². The summed E-state index contributed by atoms with van der Waals surface area (Å²) in [5, 5.41) is 37.7. The van der Waals surface area contributed by atoms with Crippen LogP contribution in [0.15, 0.2) is 36.4 Å². The summed E-state index contributed by atoms with van der Waals surface area (Å²) >= 11 is 0. The largest absolute Gasteiger partial charge is 0.504 e. The highest BCUT2D eigenvalue weighted by Crippen LogP contribution is 2.44. The van der Waals surface area contributed by atoms with Crippen LogP contribution in [-0.4, -0.2) is 20.4 Å². The van der Waals surface area contributed by atoms with Crippen LogP contribution in [0.3, 0.4) is 0 Å². The van der Waals surface area contributed by atoms with Gasteiger partial charge in [0.15, 0.2) is 11.5 Å². The van der Waals surface area contributed by atoms with E-state index in [1.54, 1.807) is 0 Å². The zero-order valence-corrected chi connectivity index (χ0v) is 9.67. The van der Waals surface area contributed by atoms with Crippen molar-refractivity contribution in [1.82, 2.24) is 0 Å². The first kappa shape index (κ1) is 12.1. The van der Waals surface area contributed by atoms with E-state index in [1.165, 1.54) is 6.07 Å². The Kier molecular flexibility index (Phi) is 3.28. The van der Waals surface area contributed by atoms with Crippen molar-refractivity contribution in [2.24, 2.45) is 0 Å². The summed E-state index contributed by atoms with van der Waals surface area (Å²) in [5.74, 6) is -2.20. The van der Waals surface area contributed by atoms with Gasteiger partial charge < -0.3 is 20.4 Å². The Labute approximate surface area is 104 Å². The van der Waals surface area contributed by atoms with Gasteiger partial charge in [-0.1, -0.05) is 30.3 Å². The van der Waals surface area contributed by atoms with E-state index in [4.69, 9.17) is 0 Å². The van der Waals surface area contributed by atoms with E-state index < -0.39 is 17.2 Å². The number of aromatic hydroxyl groups is 4. The molecule has 2 rings (SSSR count). The van der Waals surface area contributed by atoms with Crippen LogP contribution in [0.25, 0.3) is 0 Å². The van der Waals surface area contributed by atoms with E-state index in [-0.39, 0.29) is 5.75 Å². The number of phenols is 4. The van der Waals surface area contributed by atoms with E-state index in [0.717, 1.165) is 5.56 Å². The maximum atomic E-state index is 9.66. The molecule has 94 valence electrons. The molecule has 0 unspecified atom stereocenters. The lowest BCUT2D eigenvalue weighted by Crippen LogP contribution is -1.92. The van der Waals surface area contributed by atoms with E-state index in [0.29, 0.717) is 18.4 Å². The van der Waals surface area contributed by atoms with Crippen molar-refractivity contribution in [3.63, 3.8) is 0 Å². The Morgan fingerprint density at radius 2 is 1.39 bits per heavy atom. The third-order valence-corrected chi connectivity index (χ3v) is 2.83. The number of hydrogen-bond donors (Lipinski definition) is 4. The van der Waals surface area contributed by atoms with Gasteiger partial charge in [-0.25, -0.2) is 0 Å². The molecule has 0 aliphatic heterocycles. The molecular formula is C14H14O4. The predicted octanol–water partition coefficient (Wildman–Crippen LogP) is 2.29. The lowest BCUT2D eigenvalue weighted by atomic mass is 10.0.